The molecule has 7 heteroatoms. The van der Waals surface area contributed by atoms with Gasteiger partial charge in [-0.1, -0.05) is 56.0 Å². The lowest BCUT2D eigenvalue weighted by Crippen LogP contribution is -2.04. The van der Waals surface area contributed by atoms with Gasteiger partial charge in [-0.05, 0) is 24.1 Å². The minimum atomic E-state index is -1.70. The minimum Gasteiger partial charge on any atom is -0.507 e. The highest BCUT2D eigenvalue weighted by Crippen LogP contribution is 2.36. The zero-order valence-electron chi connectivity index (χ0n) is 17.5. The van der Waals surface area contributed by atoms with Crippen LogP contribution in [0.25, 0.3) is 0 Å². The summed E-state index contributed by atoms with van der Waals surface area (Å²) in [6.45, 7) is 6.65. The summed E-state index contributed by atoms with van der Waals surface area (Å²) in [6.07, 6.45) is 2.14. The van der Waals surface area contributed by atoms with Gasteiger partial charge in [0.05, 0.1) is 0 Å². The van der Waals surface area contributed by atoms with Gasteiger partial charge in [0.2, 0.25) is 11.6 Å². The van der Waals surface area contributed by atoms with Crippen LogP contribution in [0.1, 0.15) is 35.1 Å². The number of phenolic OH excluding ortho intramolecular Hbond substituents is 1. The third kappa shape index (κ3) is 4.51. The standard InChI is InChI=1S/C25H21F4NO2/c1-4-10-32-25-21(28)19(26)23(20(27)22(25)29)30-13-17-11-14(2)12-18(24(17)31)15(3)16-8-6-5-7-9-16/h4-9,11-13,15,31H,1,10H2,2-3H3. The van der Waals surface area contributed by atoms with E-state index in [2.05, 4.69) is 16.3 Å². The van der Waals surface area contributed by atoms with E-state index in [1.807, 2.05) is 37.3 Å². The van der Waals surface area contributed by atoms with Gasteiger partial charge in [0.25, 0.3) is 0 Å². The molecular weight excluding hydrogens is 422 g/mol. The molecule has 0 spiro atoms. The predicted molar refractivity (Wildman–Crippen MR) is 116 cm³/mol. The number of phenols is 1. The van der Waals surface area contributed by atoms with Crippen molar-refractivity contribution < 1.29 is 27.4 Å². The number of rotatable bonds is 7. The molecule has 0 heterocycles. The van der Waals surface area contributed by atoms with Gasteiger partial charge in [-0.2, -0.15) is 8.78 Å². The van der Waals surface area contributed by atoms with Gasteiger partial charge in [0.1, 0.15) is 18.0 Å². The van der Waals surface area contributed by atoms with Gasteiger partial charge in [-0.3, -0.25) is 0 Å². The number of halogens is 4. The van der Waals surface area contributed by atoms with Crippen molar-refractivity contribution in [3.05, 3.63) is 101 Å². The number of hydrogen-bond donors (Lipinski definition) is 1. The number of hydrogen-bond acceptors (Lipinski definition) is 3. The quantitative estimate of drug-likeness (QED) is 0.191. The Hall–Kier alpha value is -3.61. The van der Waals surface area contributed by atoms with Gasteiger partial charge >= 0.3 is 0 Å². The molecule has 166 valence electrons. The van der Waals surface area contributed by atoms with Crippen molar-refractivity contribution in [2.75, 3.05) is 6.61 Å². The maximum Gasteiger partial charge on any atom is 0.206 e. The molecule has 1 N–H and O–H groups in total. The highest BCUT2D eigenvalue weighted by atomic mass is 19.2. The van der Waals surface area contributed by atoms with Crippen molar-refractivity contribution in [3.63, 3.8) is 0 Å². The molecule has 0 bridgehead atoms. The zero-order valence-corrected chi connectivity index (χ0v) is 17.5. The van der Waals surface area contributed by atoms with Gasteiger partial charge in [-0.25, -0.2) is 13.8 Å². The summed E-state index contributed by atoms with van der Waals surface area (Å²) in [4.78, 5) is 3.60. The number of ether oxygens (including phenoxy) is 1. The van der Waals surface area contributed by atoms with Crippen molar-refractivity contribution in [3.8, 4) is 11.5 Å². The first-order valence-corrected chi connectivity index (χ1v) is 9.78. The van der Waals surface area contributed by atoms with Crippen LogP contribution in [-0.2, 0) is 0 Å². The lowest BCUT2D eigenvalue weighted by atomic mass is 9.90. The maximum atomic E-state index is 14.4. The molecule has 0 fully saturated rings. The molecule has 32 heavy (non-hydrogen) atoms. The fraction of sp³-hybridized carbons (Fsp3) is 0.160. The van der Waals surface area contributed by atoms with Crippen LogP contribution in [-0.4, -0.2) is 17.9 Å². The van der Waals surface area contributed by atoms with Gasteiger partial charge in [-0.15, -0.1) is 0 Å². The summed E-state index contributed by atoms with van der Waals surface area (Å²) in [5.74, 6) is -8.34. The van der Waals surface area contributed by atoms with E-state index in [9.17, 15) is 22.7 Å². The third-order valence-electron chi connectivity index (χ3n) is 4.96. The zero-order chi connectivity index (χ0) is 23.4. The summed E-state index contributed by atoms with van der Waals surface area (Å²) in [5.41, 5.74) is 1.27. The van der Waals surface area contributed by atoms with Crippen LogP contribution in [0.5, 0.6) is 11.5 Å². The summed E-state index contributed by atoms with van der Waals surface area (Å²) in [6, 6.07) is 12.8. The monoisotopic (exact) mass is 443 g/mol. The van der Waals surface area contributed by atoms with E-state index in [4.69, 9.17) is 0 Å². The van der Waals surface area contributed by atoms with Crippen LogP contribution >= 0.6 is 0 Å². The Labute approximate surface area is 183 Å². The van der Waals surface area contributed by atoms with Crippen molar-refractivity contribution in [2.45, 2.75) is 19.8 Å². The molecule has 3 aromatic carbocycles. The Morgan fingerprint density at radius 3 is 2.25 bits per heavy atom. The predicted octanol–water partition coefficient (Wildman–Crippen LogP) is 6.72. The van der Waals surface area contributed by atoms with Crippen LogP contribution in [0.4, 0.5) is 23.2 Å². The molecule has 0 aliphatic rings. The Balaban J connectivity index is 2.04. The van der Waals surface area contributed by atoms with Crippen LogP contribution in [0.15, 0.2) is 60.1 Å². The van der Waals surface area contributed by atoms with E-state index in [-0.39, 0.29) is 23.8 Å². The number of aryl methyl sites for hydroxylation is 1. The van der Waals surface area contributed by atoms with E-state index in [0.29, 0.717) is 5.56 Å². The van der Waals surface area contributed by atoms with Crippen molar-refractivity contribution in [1.29, 1.82) is 0 Å². The van der Waals surface area contributed by atoms with Crippen molar-refractivity contribution >= 4 is 11.9 Å². The second-order valence-corrected chi connectivity index (χ2v) is 7.22. The fourth-order valence-electron chi connectivity index (χ4n) is 3.30. The Morgan fingerprint density at radius 1 is 1.03 bits per heavy atom. The molecule has 1 atom stereocenters. The highest BCUT2D eigenvalue weighted by molar-refractivity contribution is 5.86. The summed E-state index contributed by atoms with van der Waals surface area (Å²) >= 11 is 0. The van der Waals surface area contributed by atoms with Gasteiger partial charge in [0, 0.05) is 23.3 Å². The first-order chi connectivity index (χ1) is 15.3. The molecule has 1 unspecified atom stereocenters. The van der Waals surface area contributed by atoms with Crippen LogP contribution in [0, 0.1) is 30.2 Å². The number of aliphatic imine (C=N–C) groups is 1. The number of nitrogens with zero attached hydrogens (tertiary/aromatic N) is 1. The average Bonchev–Trinajstić information content (AvgIpc) is 2.79. The molecule has 0 amide bonds. The third-order valence-corrected chi connectivity index (χ3v) is 4.96. The topological polar surface area (TPSA) is 41.8 Å². The second kappa shape index (κ2) is 9.68. The normalized spacial score (nSPS) is 12.2. The van der Waals surface area contributed by atoms with E-state index >= 15 is 0 Å². The second-order valence-electron chi connectivity index (χ2n) is 7.22. The molecule has 0 aliphatic carbocycles. The smallest absolute Gasteiger partial charge is 0.206 e. The van der Waals surface area contributed by atoms with Crippen LogP contribution < -0.4 is 4.74 Å². The molecule has 3 nitrogen and oxygen atoms in total. The molecule has 0 saturated carbocycles. The summed E-state index contributed by atoms with van der Waals surface area (Å²) in [5, 5.41) is 10.8. The van der Waals surface area contributed by atoms with Crippen molar-refractivity contribution in [2.24, 2.45) is 4.99 Å². The lowest BCUT2D eigenvalue weighted by molar-refractivity contribution is 0.303. The van der Waals surface area contributed by atoms with Crippen molar-refractivity contribution in [1.82, 2.24) is 0 Å². The molecule has 0 aromatic heterocycles. The SMILES string of the molecule is C=CCOc1c(F)c(F)c(N=Cc2cc(C)cc(C(C)c3ccccc3)c2O)c(F)c1F. The Kier molecular flexibility index (Phi) is 6.98. The fourth-order valence-corrected chi connectivity index (χ4v) is 3.30. The Bertz CT molecular complexity index is 1150. The van der Waals surface area contributed by atoms with Gasteiger partial charge < -0.3 is 9.84 Å². The maximum absolute atomic E-state index is 14.4. The number of aromatic hydroxyl groups is 1. The first-order valence-electron chi connectivity index (χ1n) is 9.78. The Morgan fingerprint density at radius 2 is 1.66 bits per heavy atom. The largest absolute Gasteiger partial charge is 0.507 e. The van der Waals surface area contributed by atoms with E-state index in [1.54, 1.807) is 19.1 Å². The van der Waals surface area contributed by atoms with Crippen LogP contribution in [0.2, 0.25) is 0 Å². The molecular formula is C25H21F4NO2. The molecule has 3 aromatic rings. The van der Waals surface area contributed by atoms with Gasteiger partial charge in [0.15, 0.2) is 17.4 Å². The van der Waals surface area contributed by atoms with E-state index < -0.39 is 34.7 Å². The molecule has 0 aliphatic heterocycles. The van der Waals surface area contributed by atoms with Crippen LogP contribution in [0.3, 0.4) is 0 Å². The highest BCUT2D eigenvalue weighted by Gasteiger charge is 2.26. The minimum absolute atomic E-state index is 0.148. The summed E-state index contributed by atoms with van der Waals surface area (Å²) < 4.78 is 61.8. The summed E-state index contributed by atoms with van der Waals surface area (Å²) in [7, 11) is 0. The van der Waals surface area contributed by atoms with E-state index in [0.717, 1.165) is 17.3 Å². The average molecular weight is 443 g/mol. The first kappa shape index (κ1) is 23.1. The lowest BCUT2D eigenvalue weighted by Gasteiger charge is -2.16. The molecule has 3 rings (SSSR count). The molecule has 0 radical (unpaired) electrons. The number of benzene rings is 3. The van der Waals surface area contributed by atoms with E-state index in [1.165, 1.54) is 6.08 Å². The molecule has 0 saturated heterocycles.